The van der Waals surface area contributed by atoms with Gasteiger partial charge in [0.2, 0.25) is 0 Å². The van der Waals surface area contributed by atoms with Crippen molar-refractivity contribution in [2.75, 3.05) is 50.1 Å². The smallest absolute Gasteiger partial charge is 0.319 e. The lowest BCUT2D eigenvalue weighted by Crippen LogP contribution is -2.48. The molecule has 0 radical (unpaired) electrons. The Hall–Kier alpha value is -3.06. The van der Waals surface area contributed by atoms with E-state index in [1.54, 1.807) is 0 Å². The number of nitrogens with zero attached hydrogens (tertiary/aromatic N) is 2. The van der Waals surface area contributed by atoms with E-state index in [0.717, 1.165) is 43.1 Å². The number of nitrogens with one attached hydrogen (secondary N) is 2. The van der Waals surface area contributed by atoms with Crippen molar-refractivity contribution in [2.24, 2.45) is 0 Å². The van der Waals surface area contributed by atoms with Crippen LogP contribution < -0.4 is 15.5 Å². The average molecular weight is 396 g/mol. The second-order valence-corrected chi connectivity index (χ2v) is 7.18. The Kier molecular flexibility index (Phi) is 7.08. The van der Waals surface area contributed by atoms with Gasteiger partial charge >= 0.3 is 12.0 Å². The monoisotopic (exact) mass is 396 g/mol. The number of ether oxygens (including phenoxy) is 1. The van der Waals surface area contributed by atoms with E-state index in [0.29, 0.717) is 13.1 Å². The minimum atomic E-state index is -0.226. The molecule has 0 saturated carbocycles. The summed E-state index contributed by atoms with van der Waals surface area (Å²) in [5.41, 5.74) is 4.10. The average Bonchev–Trinajstić information content (AvgIpc) is 2.73. The summed E-state index contributed by atoms with van der Waals surface area (Å²) in [5, 5.41) is 5.74. The van der Waals surface area contributed by atoms with Crippen molar-refractivity contribution in [3.05, 3.63) is 59.7 Å². The van der Waals surface area contributed by atoms with E-state index >= 15 is 0 Å². The summed E-state index contributed by atoms with van der Waals surface area (Å²) < 4.78 is 4.72. The lowest BCUT2D eigenvalue weighted by atomic mass is 10.1. The molecule has 0 aliphatic carbocycles. The predicted molar refractivity (Wildman–Crippen MR) is 114 cm³/mol. The molecule has 3 rings (SSSR count). The number of aryl methyl sites for hydroxylation is 1. The Balaban J connectivity index is 1.45. The quantitative estimate of drug-likeness (QED) is 0.735. The first-order chi connectivity index (χ1) is 14.0. The van der Waals surface area contributed by atoms with Crippen LogP contribution in [0, 0.1) is 6.92 Å². The van der Waals surface area contributed by atoms with Gasteiger partial charge in [0.15, 0.2) is 0 Å². The maximum atomic E-state index is 12.1. The highest BCUT2D eigenvalue weighted by molar-refractivity contribution is 5.89. The molecular weight excluding hydrogens is 368 g/mol. The van der Waals surface area contributed by atoms with Gasteiger partial charge in [-0.1, -0.05) is 29.8 Å². The SMILES string of the molecule is COC(=O)CN1CCN(c2ccc(NC(=O)NCc3cccc(C)c3)cc2)CC1. The number of carbonyl (C=O) groups excluding carboxylic acids is 2. The topological polar surface area (TPSA) is 73.9 Å². The molecule has 1 saturated heterocycles. The molecule has 29 heavy (non-hydrogen) atoms. The van der Waals surface area contributed by atoms with Crippen LogP contribution >= 0.6 is 0 Å². The summed E-state index contributed by atoms with van der Waals surface area (Å²) >= 11 is 0. The molecule has 1 fully saturated rings. The van der Waals surface area contributed by atoms with Crippen molar-refractivity contribution in [3.63, 3.8) is 0 Å². The van der Waals surface area contributed by atoms with E-state index in [1.165, 1.54) is 12.7 Å². The van der Waals surface area contributed by atoms with Gasteiger partial charge in [0.05, 0.1) is 13.7 Å². The Bertz CT molecular complexity index is 830. The van der Waals surface area contributed by atoms with E-state index in [1.807, 2.05) is 49.4 Å². The summed E-state index contributed by atoms with van der Waals surface area (Å²) in [6.45, 7) is 6.19. The fourth-order valence-corrected chi connectivity index (χ4v) is 3.35. The molecule has 7 heteroatoms. The van der Waals surface area contributed by atoms with E-state index in [-0.39, 0.29) is 12.0 Å². The number of methoxy groups -OCH3 is 1. The van der Waals surface area contributed by atoms with Crippen LogP contribution in [0.4, 0.5) is 16.2 Å². The van der Waals surface area contributed by atoms with Crippen molar-refractivity contribution >= 4 is 23.4 Å². The molecular formula is C22H28N4O3. The first-order valence-corrected chi connectivity index (χ1v) is 9.78. The second kappa shape index (κ2) is 9.93. The van der Waals surface area contributed by atoms with Gasteiger partial charge in [-0.15, -0.1) is 0 Å². The number of esters is 1. The summed E-state index contributed by atoms with van der Waals surface area (Å²) in [6, 6.07) is 15.7. The minimum absolute atomic E-state index is 0.199. The first-order valence-electron chi connectivity index (χ1n) is 9.78. The van der Waals surface area contributed by atoms with Crippen molar-refractivity contribution in [1.29, 1.82) is 0 Å². The fraction of sp³-hybridized carbons (Fsp3) is 0.364. The number of piperazine rings is 1. The van der Waals surface area contributed by atoms with Crippen LogP contribution in [0.25, 0.3) is 0 Å². The lowest BCUT2D eigenvalue weighted by Gasteiger charge is -2.35. The molecule has 0 unspecified atom stereocenters. The van der Waals surface area contributed by atoms with E-state index in [2.05, 4.69) is 26.5 Å². The molecule has 0 atom stereocenters. The van der Waals surface area contributed by atoms with Crippen LogP contribution in [0.5, 0.6) is 0 Å². The number of anilines is 2. The van der Waals surface area contributed by atoms with Crippen molar-refractivity contribution in [3.8, 4) is 0 Å². The van der Waals surface area contributed by atoms with Gasteiger partial charge in [-0.05, 0) is 36.8 Å². The number of hydrogen-bond acceptors (Lipinski definition) is 5. The van der Waals surface area contributed by atoms with Gasteiger partial charge in [0.1, 0.15) is 0 Å². The molecule has 0 spiro atoms. The zero-order chi connectivity index (χ0) is 20.6. The molecule has 1 aliphatic heterocycles. The molecule has 0 aromatic heterocycles. The number of hydrogen-bond donors (Lipinski definition) is 2. The van der Waals surface area contributed by atoms with Crippen LogP contribution in [-0.2, 0) is 16.1 Å². The van der Waals surface area contributed by atoms with Crippen LogP contribution in [0.1, 0.15) is 11.1 Å². The third-order valence-electron chi connectivity index (χ3n) is 4.98. The number of benzene rings is 2. The van der Waals surface area contributed by atoms with Crippen LogP contribution in [0.3, 0.4) is 0 Å². The highest BCUT2D eigenvalue weighted by Crippen LogP contribution is 2.19. The van der Waals surface area contributed by atoms with Crippen molar-refractivity contribution < 1.29 is 14.3 Å². The summed E-state index contributed by atoms with van der Waals surface area (Å²) in [7, 11) is 1.41. The zero-order valence-corrected chi connectivity index (χ0v) is 17.0. The summed E-state index contributed by atoms with van der Waals surface area (Å²) in [5.74, 6) is -0.199. The van der Waals surface area contributed by atoms with E-state index in [4.69, 9.17) is 4.74 Å². The van der Waals surface area contributed by atoms with Gasteiger partial charge in [0, 0.05) is 44.1 Å². The third kappa shape index (κ3) is 6.22. The Labute approximate surface area is 171 Å². The van der Waals surface area contributed by atoms with Crippen LogP contribution in [-0.4, -0.2) is 56.7 Å². The molecule has 154 valence electrons. The lowest BCUT2D eigenvalue weighted by molar-refractivity contribution is -0.142. The number of amides is 2. The minimum Gasteiger partial charge on any atom is -0.468 e. The van der Waals surface area contributed by atoms with Gasteiger partial charge in [-0.3, -0.25) is 9.69 Å². The Morgan fingerprint density at radius 1 is 1.03 bits per heavy atom. The molecule has 2 N–H and O–H groups in total. The van der Waals surface area contributed by atoms with Crippen molar-refractivity contribution in [1.82, 2.24) is 10.2 Å². The Morgan fingerprint density at radius 3 is 2.41 bits per heavy atom. The molecule has 7 nitrogen and oxygen atoms in total. The largest absolute Gasteiger partial charge is 0.468 e. The molecule has 1 heterocycles. The standard InChI is InChI=1S/C22H28N4O3/c1-17-4-3-5-18(14-17)15-23-22(28)24-19-6-8-20(9-7-19)26-12-10-25(11-13-26)16-21(27)29-2/h3-9,14H,10-13,15-16H2,1-2H3,(H2,23,24,28). The predicted octanol–water partition coefficient (Wildman–Crippen LogP) is 2.61. The zero-order valence-electron chi connectivity index (χ0n) is 17.0. The van der Waals surface area contributed by atoms with E-state index < -0.39 is 0 Å². The van der Waals surface area contributed by atoms with Crippen LogP contribution in [0.15, 0.2) is 48.5 Å². The number of rotatable bonds is 6. The highest BCUT2D eigenvalue weighted by atomic mass is 16.5. The van der Waals surface area contributed by atoms with Gasteiger partial charge in [0.25, 0.3) is 0 Å². The fourth-order valence-electron chi connectivity index (χ4n) is 3.35. The third-order valence-corrected chi connectivity index (χ3v) is 4.98. The second-order valence-electron chi connectivity index (χ2n) is 7.18. The van der Waals surface area contributed by atoms with E-state index in [9.17, 15) is 9.59 Å². The molecule has 2 aromatic rings. The van der Waals surface area contributed by atoms with Gasteiger partial charge in [-0.25, -0.2) is 4.79 Å². The Morgan fingerprint density at radius 2 is 1.76 bits per heavy atom. The van der Waals surface area contributed by atoms with Crippen LogP contribution in [0.2, 0.25) is 0 Å². The molecule has 2 amide bonds. The normalized spacial score (nSPS) is 14.3. The maximum absolute atomic E-state index is 12.1. The highest BCUT2D eigenvalue weighted by Gasteiger charge is 2.19. The number of urea groups is 1. The van der Waals surface area contributed by atoms with Gasteiger partial charge in [-0.2, -0.15) is 0 Å². The number of carbonyl (C=O) groups is 2. The van der Waals surface area contributed by atoms with Crippen molar-refractivity contribution in [2.45, 2.75) is 13.5 Å². The maximum Gasteiger partial charge on any atom is 0.319 e. The summed E-state index contributed by atoms with van der Waals surface area (Å²) in [6.07, 6.45) is 0. The van der Waals surface area contributed by atoms with Gasteiger partial charge < -0.3 is 20.3 Å². The first kappa shape index (κ1) is 20.7. The molecule has 1 aliphatic rings. The summed E-state index contributed by atoms with van der Waals surface area (Å²) in [4.78, 5) is 27.9. The molecule has 0 bridgehead atoms. The molecule has 2 aromatic carbocycles.